The second kappa shape index (κ2) is 5.81. The molecule has 5 nitrogen and oxygen atoms in total. The van der Waals surface area contributed by atoms with Gasteiger partial charge in [-0.05, 0) is 20.3 Å². The molecular weight excluding hydrogens is 288 g/mol. The van der Waals surface area contributed by atoms with Crippen LogP contribution in [0.1, 0.15) is 25.1 Å². The van der Waals surface area contributed by atoms with Gasteiger partial charge >= 0.3 is 0 Å². The van der Waals surface area contributed by atoms with Crippen LogP contribution in [-0.2, 0) is 24.7 Å². The lowest BCUT2D eigenvalue weighted by molar-refractivity contribution is -0.135. The van der Waals surface area contributed by atoms with Crippen LogP contribution in [-0.4, -0.2) is 39.2 Å². The van der Waals surface area contributed by atoms with Crippen LogP contribution >= 0.6 is 0 Å². The molecule has 5 heteroatoms. The molecule has 0 bridgehead atoms. The van der Waals surface area contributed by atoms with Crippen molar-refractivity contribution in [2.45, 2.75) is 32.2 Å². The number of carbonyl (C=O) groups is 1. The van der Waals surface area contributed by atoms with Crippen molar-refractivity contribution in [3.8, 4) is 11.3 Å². The topological polar surface area (TPSA) is 64.2 Å². The quantitative estimate of drug-likeness (QED) is 0.919. The van der Waals surface area contributed by atoms with E-state index in [1.165, 1.54) is 11.3 Å². The first-order chi connectivity index (χ1) is 10.9. The maximum absolute atomic E-state index is 12.5. The molecule has 3 rings (SSSR count). The Labute approximate surface area is 137 Å². The first kappa shape index (κ1) is 15.7. The van der Waals surface area contributed by atoms with Crippen LogP contribution in [0.3, 0.4) is 0 Å². The van der Waals surface area contributed by atoms with Crippen molar-refractivity contribution in [2.75, 3.05) is 13.1 Å². The van der Waals surface area contributed by atoms with E-state index < -0.39 is 5.54 Å². The summed E-state index contributed by atoms with van der Waals surface area (Å²) < 4.78 is 1.96. The lowest BCUT2D eigenvalue weighted by Gasteiger charge is -2.28. The molecule has 0 radical (unpaired) electrons. The molecule has 0 spiro atoms. The van der Waals surface area contributed by atoms with Gasteiger partial charge in [-0.2, -0.15) is 5.10 Å². The number of hydrogen-bond donors (Lipinski definition) is 1. The number of carbonyl (C=O) groups excluding carboxylic acids is 1. The minimum atomic E-state index is -0.822. The fourth-order valence-corrected chi connectivity index (χ4v) is 3.22. The molecule has 23 heavy (non-hydrogen) atoms. The van der Waals surface area contributed by atoms with E-state index in [4.69, 9.17) is 10.8 Å². The molecule has 1 aromatic carbocycles. The van der Waals surface area contributed by atoms with Crippen molar-refractivity contribution in [1.29, 1.82) is 0 Å². The number of benzene rings is 1. The van der Waals surface area contributed by atoms with Gasteiger partial charge in [0.1, 0.15) is 0 Å². The second-order valence-corrected chi connectivity index (χ2v) is 6.78. The maximum atomic E-state index is 12.5. The molecule has 0 atom stereocenters. The monoisotopic (exact) mass is 312 g/mol. The Morgan fingerprint density at radius 1 is 1.17 bits per heavy atom. The number of aryl methyl sites for hydroxylation is 1. The lowest BCUT2D eigenvalue weighted by Crippen LogP contribution is -2.51. The van der Waals surface area contributed by atoms with Crippen molar-refractivity contribution >= 4 is 5.91 Å². The van der Waals surface area contributed by atoms with Crippen LogP contribution in [0.25, 0.3) is 11.3 Å². The number of fused-ring (bicyclic) bond motifs is 1. The Hall–Kier alpha value is -2.14. The van der Waals surface area contributed by atoms with Gasteiger partial charge < -0.3 is 10.6 Å². The maximum Gasteiger partial charge on any atom is 0.242 e. The van der Waals surface area contributed by atoms with E-state index in [-0.39, 0.29) is 5.91 Å². The van der Waals surface area contributed by atoms with Crippen molar-refractivity contribution in [2.24, 2.45) is 12.8 Å². The normalized spacial score (nSPS) is 15.2. The summed E-state index contributed by atoms with van der Waals surface area (Å²) in [5.74, 6) is 0.0135. The standard InChI is InChI=1S/C18H24N4O/c1-18(2,19)17(23)22-11-9-14-15(10-12-22)21(3)20-16(14)13-7-5-4-6-8-13/h4-8H,9-12,19H2,1-3H3. The third-order valence-corrected chi connectivity index (χ3v) is 4.41. The minimum Gasteiger partial charge on any atom is -0.340 e. The number of rotatable bonds is 2. The molecule has 0 saturated carbocycles. The molecule has 2 N–H and O–H groups in total. The smallest absolute Gasteiger partial charge is 0.242 e. The zero-order valence-electron chi connectivity index (χ0n) is 14.0. The Bertz CT molecular complexity index is 713. The number of hydrogen-bond acceptors (Lipinski definition) is 3. The van der Waals surface area contributed by atoms with Gasteiger partial charge in [0.15, 0.2) is 0 Å². The average molecular weight is 312 g/mol. The Morgan fingerprint density at radius 3 is 2.48 bits per heavy atom. The summed E-state index contributed by atoms with van der Waals surface area (Å²) in [6, 6.07) is 10.2. The summed E-state index contributed by atoms with van der Waals surface area (Å²) in [5, 5.41) is 4.71. The summed E-state index contributed by atoms with van der Waals surface area (Å²) in [7, 11) is 1.98. The molecule has 0 aliphatic carbocycles. The predicted octanol–water partition coefficient (Wildman–Crippen LogP) is 1.75. The highest BCUT2D eigenvalue weighted by Crippen LogP contribution is 2.28. The molecule has 0 unspecified atom stereocenters. The Kier molecular flexibility index (Phi) is 3.98. The lowest BCUT2D eigenvalue weighted by atomic mass is 10.0. The van der Waals surface area contributed by atoms with Gasteiger partial charge in [0.05, 0.1) is 11.2 Å². The van der Waals surface area contributed by atoms with Crippen LogP contribution in [0.15, 0.2) is 30.3 Å². The van der Waals surface area contributed by atoms with Gasteiger partial charge in [-0.15, -0.1) is 0 Å². The van der Waals surface area contributed by atoms with Crippen LogP contribution in [0.2, 0.25) is 0 Å². The van der Waals surface area contributed by atoms with E-state index in [0.717, 1.165) is 24.1 Å². The van der Waals surface area contributed by atoms with Crippen LogP contribution in [0.4, 0.5) is 0 Å². The van der Waals surface area contributed by atoms with E-state index in [9.17, 15) is 4.79 Å². The molecule has 0 fully saturated rings. The van der Waals surface area contributed by atoms with Gasteiger partial charge in [0.2, 0.25) is 5.91 Å². The van der Waals surface area contributed by atoms with E-state index in [1.807, 2.05) is 34.8 Å². The van der Waals surface area contributed by atoms with Crippen LogP contribution in [0.5, 0.6) is 0 Å². The van der Waals surface area contributed by atoms with Crippen molar-refractivity contribution in [1.82, 2.24) is 14.7 Å². The van der Waals surface area contributed by atoms with Crippen molar-refractivity contribution in [3.63, 3.8) is 0 Å². The number of nitrogens with two attached hydrogens (primary N) is 1. The summed E-state index contributed by atoms with van der Waals surface area (Å²) in [5.41, 5.74) is 9.79. The Balaban J connectivity index is 1.91. The summed E-state index contributed by atoms with van der Waals surface area (Å²) in [6.07, 6.45) is 1.63. The number of amides is 1. The van der Waals surface area contributed by atoms with Crippen LogP contribution in [0, 0.1) is 0 Å². The molecule has 1 aliphatic heterocycles. The van der Waals surface area contributed by atoms with E-state index in [0.29, 0.717) is 13.1 Å². The molecule has 1 aliphatic rings. The molecule has 1 amide bonds. The largest absolute Gasteiger partial charge is 0.340 e. The highest BCUT2D eigenvalue weighted by atomic mass is 16.2. The van der Waals surface area contributed by atoms with Gasteiger partial charge in [-0.25, -0.2) is 0 Å². The van der Waals surface area contributed by atoms with Gasteiger partial charge in [-0.1, -0.05) is 30.3 Å². The first-order valence-electron chi connectivity index (χ1n) is 8.06. The summed E-state index contributed by atoms with van der Waals surface area (Å²) >= 11 is 0. The molecule has 1 aromatic heterocycles. The fraction of sp³-hybridized carbons (Fsp3) is 0.444. The van der Waals surface area contributed by atoms with E-state index in [2.05, 4.69) is 12.1 Å². The SMILES string of the molecule is Cn1nc(-c2ccccc2)c2c1CCN(C(=O)C(C)(C)N)CC2. The van der Waals surface area contributed by atoms with E-state index in [1.54, 1.807) is 13.8 Å². The first-order valence-corrected chi connectivity index (χ1v) is 8.06. The predicted molar refractivity (Wildman–Crippen MR) is 90.9 cm³/mol. The van der Waals surface area contributed by atoms with Gasteiger partial charge in [0.25, 0.3) is 0 Å². The van der Waals surface area contributed by atoms with Crippen LogP contribution < -0.4 is 5.73 Å². The zero-order chi connectivity index (χ0) is 16.6. The molecule has 2 heterocycles. The summed E-state index contributed by atoms with van der Waals surface area (Å²) in [4.78, 5) is 14.3. The average Bonchev–Trinajstić information content (AvgIpc) is 2.70. The van der Waals surface area contributed by atoms with Gasteiger partial charge in [0, 0.05) is 43.4 Å². The van der Waals surface area contributed by atoms with Crippen molar-refractivity contribution < 1.29 is 4.79 Å². The molecule has 0 saturated heterocycles. The zero-order valence-corrected chi connectivity index (χ0v) is 14.0. The highest BCUT2D eigenvalue weighted by molar-refractivity contribution is 5.85. The Morgan fingerprint density at radius 2 is 1.83 bits per heavy atom. The van der Waals surface area contributed by atoms with Gasteiger partial charge in [-0.3, -0.25) is 9.48 Å². The summed E-state index contributed by atoms with van der Waals surface area (Å²) in [6.45, 7) is 4.92. The second-order valence-electron chi connectivity index (χ2n) is 6.78. The minimum absolute atomic E-state index is 0.0135. The molecular formula is C18H24N4O. The third-order valence-electron chi connectivity index (χ3n) is 4.41. The van der Waals surface area contributed by atoms with E-state index >= 15 is 0 Å². The number of aromatic nitrogens is 2. The molecule has 2 aromatic rings. The fourth-order valence-electron chi connectivity index (χ4n) is 3.22. The highest BCUT2D eigenvalue weighted by Gasteiger charge is 2.30. The number of nitrogens with zero attached hydrogens (tertiary/aromatic N) is 3. The van der Waals surface area contributed by atoms with Crippen molar-refractivity contribution in [3.05, 3.63) is 41.6 Å². The third kappa shape index (κ3) is 3.01. The molecule has 122 valence electrons.